The quantitative estimate of drug-likeness (QED) is 0.918. The van der Waals surface area contributed by atoms with Gasteiger partial charge in [0, 0.05) is 30.1 Å². The molecule has 26 heavy (non-hydrogen) atoms. The van der Waals surface area contributed by atoms with E-state index in [9.17, 15) is 4.79 Å². The van der Waals surface area contributed by atoms with Crippen molar-refractivity contribution in [3.8, 4) is 0 Å². The van der Waals surface area contributed by atoms with Crippen molar-refractivity contribution in [2.75, 3.05) is 26.3 Å². The zero-order valence-corrected chi connectivity index (χ0v) is 15.4. The maximum atomic E-state index is 12.9. The molecule has 4 rings (SSSR count). The number of carbonyl (C=O) groups excluding carboxylic acids is 1. The average molecular weight is 353 g/mol. The molecule has 5 nitrogen and oxygen atoms in total. The van der Waals surface area contributed by atoms with Gasteiger partial charge in [0.25, 0.3) is 5.91 Å². The highest BCUT2D eigenvalue weighted by Crippen LogP contribution is 2.38. The Hall–Kier alpha value is -1.98. The summed E-state index contributed by atoms with van der Waals surface area (Å²) in [6.45, 7) is 5.63. The lowest BCUT2D eigenvalue weighted by molar-refractivity contribution is -0.0323. The van der Waals surface area contributed by atoms with E-state index < -0.39 is 0 Å². The molecule has 2 fully saturated rings. The van der Waals surface area contributed by atoms with Crippen LogP contribution in [0.15, 0.2) is 36.4 Å². The van der Waals surface area contributed by atoms with E-state index in [0.717, 1.165) is 50.0 Å². The number of nitrogens with one attached hydrogen (secondary N) is 1. The molecule has 1 N–H and O–H groups in total. The lowest BCUT2D eigenvalue weighted by atomic mass is 9.86. The van der Waals surface area contributed by atoms with E-state index >= 15 is 0 Å². The monoisotopic (exact) mass is 353 g/mol. The topological polar surface area (TPSA) is 54.5 Å². The maximum absolute atomic E-state index is 12.9. The number of aromatic nitrogens is 1. The van der Waals surface area contributed by atoms with Gasteiger partial charge in [0.15, 0.2) is 0 Å². The van der Waals surface area contributed by atoms with Crippen molar-refractivity contribution in [2.45, 2.75) is 44.2 Å². The van der Waals surface area contributed by atoms with Gasteiger partial charge in [-0.1, -0.05) is 37.1 Å². The first-order valence-corrected chi connectivity index (χ1v) is 9.68. The summed E-state index contributed by atoms with van der Waals surface area (Å²) in [5.74, 6) is -0.0808. The summed E-state index contributed by atoms with van der Waals surface area (Å²) in [7, 11) is 0. The minimum Gasteiger partial charge on any atom is -0.379 e. The van der Waals surface area contributed by atoms with Gasteiger partial charge in [-0.2, -0.15) is 0 Å². The van der Waals surface area contributed by atoms with Crippen LogP contribution in [0.25, 0.3) is 10.9 Å². The Labute approximate surface area is 154 Å². The molecule has 1 atom stereocenters. The van der Waals surface area contributed by atoms with E-state index in [0.29, 0.717) is 5.69 Å². The van der Waals surface area contributed by atoms with Crippen molar-refractivity contribution < 1.29 is 9.53 Å². The Morgan fingerprint density at radius 2 is 1.88 bits per heavy atom. The van der Waals surface area contributed by atoms with Gasteiger partial charge in [-0.25, -0.2) is 4.98 Å². The number of hydrogen-bond acceptors (Lipinski definition) is 4. The van der Waals surface area contributed by atoms with Crippen LogP contribution < -0.4 is 5.32 Å². The van der Waals surface area contributed by atoms with Gasteiger partial charge < -0.3 is 10.1 Å². The second-order valence-corrected chi connectivity index (χ2v) is 7.49. The number of rotatable bonds is 4. The summed E-state index contributed by atoms with van der Waals surface area (Å²) in [5.41, 5.74) is 1.40. The number of benzene rings is 1. The standard InChI is InChI=1S/C21H27N3O2/c1-16(21(10-4-5-11-21)24-12-14-26-15-13-24)22-20(25)19-9-8-17-6-2-3-7-18(17)23-19/h2-3,6-9,16H,4-5,10-15H2,1H3,(H,22,25). The fourth-order valence-corrected chi connectivity index (χ4v) is 4.62. The number of fused-ring (bicyclic) bond motifs is 1. The highest BCUT2D eigenvalue weighted by Gasteiger charge is 2.45. The summed E-state index contributed by atoms with van der Waals surface area (Å²) in [4.78, 5) is 20.0. The SMILES string of the molecule is CC(NC(=O)c1ccc2ccccc2n1)C1(N2CCOCC2)CCCC1. The molecule has 1 aromatic carbocycles. The molecule has 2 aliphatic rings. The normalized spacial score (nSPS) is 21.6. The molecule has 1 aromatic heterocycles. The Morgan fingerprint density at radius 1 is 1.15 bits per heavy atom. The Balaban J connectivity index is 1.53. The summed E-state index contributed by atoms with van der Waals surface area (Å²) >= 11 is 0. The Morgan fingerprint density at radius 3 is 2.65 bits per heavy atom. The third-order valence-electron chi connectivity index (χ3n) is 6.09. The number of ether oxygens (including phenoxy) is 1. The second kappa shape index (κ2) is 7.33. The van der Waals surface area contributed by atoms with Crippen LogP contribution in [-0.4, -0.2) is 53.7 Å². The molecule has 0 radical (unpaired) electrons. The molecule has 2 heterocycles. The Bertz CT molecular complexity index is 780. The molecule has 1 amide bonds. The van der Waals surface area contributed by atoms with Gasteiger partial charge in [0.05, 0.1) is 18.7 Å². The van der Waals surface area contributed by atoms with Crippen molar-refractivity contribution in [2.24, 2.45) is 0 Å². The molecular formula is C21H27N3O2. The third-order valence-corrected chi connectivity index (χ3v) is 6.09. The fourth-order valence-electron chi connectivity index (χ4n) is 4.62. The number of nitrogens with zero attached hydrogens (tertiary/aromatic N) is 2. The predicted molar refractivity (Wildman–Crippen MR) is 102 cm³/mol. The number of carbonyl (C=O) groups is 1. The first-order valence-electron chi connectivity index (χ1n) is 9.68. The number of hydrogen-bond donors (Lipinski definition) is 1. The van der Waals surface area contributed by atoms with Gasteiger partial charge in [0.2, 0.25) is 0 Å². The van der Waals surface area contributed by atoms with E-state index in [4.69, 9.17) is 4.74 Å². The summed E-state index contributed by atoms with van der Waals surface area (Å²) < 4.78 is 5.54. The molecule has 138 valence electrons. The largest absolute Gasteiger partial charge is 0.379 e. The van der Waals surface area contributed by atoms with Gasteiger partial charge in [0.1, 0.15) is 5.69 Å². The molecule has 1 aliphatic carbocycles. The molecule has 1 saturated carbocycles. The van der Waals surface area contributed by atoms with E-state index in [1.165, 1.54) is 12.8 Å². The third kappa shape index (κ3) is 3.21. The van der Waals surface area contributed by atoms with Gasteiger partial charge in [-0.05, 0) is 31.9 Å². The average Bonchev–Trinajstić information content (AvgIpc) is 3.19. The Kier molecular flexibility index (Phi) is 4.92. The minimum atomic E-state index is -0.0808. The molecule has 5 heteroatoms. The molecular weight excluding hydrogens is 326 g/mol. The first kappa shape index (κ1) is 17.4. The fraction of sp³-hybridized carbons (Fsp3) is 0.524. The van der Waals surface area contributed by atoms with Crippen LogP contribution in [0.5, 0.6) is 0 Å². The van der Waals surface area contributed by atoms with Gasteiger partial charge >= 0.3 is 0 Å². The van der Waals surface area contributed by atoms with E-state index in [2.05, 4.69) is 22.1 Å². The molecule has 2 aromatic rings. The van der Waals surface area contributed by atoms with Crippen molar-refractivity contribution in [3.05, 3.63) is 42.1 Å². The van der Waals surface area contributed by atoms with E-state index in [-0.39, 0.29) is 17.5 Å². The van der Waals surface area contributed by atoms with Crippen LogP contribution in [0.4, 0.5) is 0 Å². The lowest BCUT2D eigenvalue weighted by Crippen LogP contribution is -2.62. The minimum absolute atomic E-state index is 0.0519. The molecule has 1 unspecified atom stereocenters. The second-order valence-electron chi connectivity index (χ2n) is 7.49. The number of amides is 1. The molecule has 1 saturated heterocycles. The number of pyridine rings is 1. The van der Waals surface area contributed by atoms with Crippen LogP contribution in [0, 0.1) is 0 Å². The zero-order valence-electron chi connectivity index (χ0n) is 15.4. The van der Waals surface area contributed by atoms with Gasteiger partial charge in [-0.15, -0.1) is 0 Å². The molecule has 0 spiro atoms. The van der Waals surface area contributed by atoms with Crippen LogP contribution in [0.2, 0.25) is 0 Å². The van der Waals surface area contributed by atoms with Crippen LogP contribution in [0.1, 0.15) is 43.1 Å². The first-order chi connectivity index (χ1) is 12.7. The number of morpholine rings is 1. The van der Waals surface area contributed by atoms with Crippen molar-refractivity contribution >= 4 is 16.8 Å². The van der Waals surface area contributed by atoms with Crippen LogP contribution in [-0.2, 0) is 4.74 Å². The smallest absolute Gasteiger partial charge is 0.270 e. The summed E-state index contributed by atoms with van der Waals surface area (Å²) in [5, 5.41) is 4.31. The zero-order chi connectivity index (χ0) is 18.0. The highest BCUT2D eigenvalue weighted by atomic mass is 16.5. The van der Waals surface area contributed by atoms with Crippen LogP contribution >= 0.6 is 0 Å². The lowest BCUT2D eigenvalue weighted by Gasteiger charge is -2.47. The summed E-state index contributed by atoms with van der Waals surface area (Å²) in [6.07, 6.45) is 4.73. The highest BCUT2D eigenvalue weighted by molar-refractivity contribution is 5.95. The molecule has 1 aliphatic heterocycles. The predicted octanol–water partition coefficient (Wildman–Crippen LogP) is 3.00. The van der Waals surface area contributed by atoms with E-state index in [1.54, 1.807) is 0 Å². The van der Waals surface area contributed by atoms with Crippen molar-refractivity contribution in [1.29, 1.82) is 0 Å². The van der Waals surface area contributed by atoms with Crippen molar-refractivity contribution in [3.63, 3.8) is 0 Å². The maximum Gasteiger partial charge on any atom is 0.270 e. The van der Waals surface area contributed by atoms with Gasteiger partial charge in [-0.3, -0.25) is 9.69 Å². The van der Waals surface area contributed by atoms with Crippen molar-refractivity contribution in [1.82, 2.24) is 15.2 Å². The summed E-state index contributed by atoms with van der Waals surface area (Å²) in [6, 6.07) is 11.8. The van der Waals surface area contributed by atoms with Crippen LogP contribution in [0.3, 0.4) is 0 Å². The number of para-hydroxylation sites is 1. The van der Waals surface area contributed by atoms with E-state index in [1.807, 2.05) is 36.4 Å². The molecule has 0 bridgehead atoms.